The summed E-state index contributed by atoms with van der Waals surface area (Å²) in [4.78, 5) is 7.15. The summed E-state index contributed by atoms with van der Waals surface area (Å²) in [5.41, 5.74) is 0. The van der Waals surface area contributed by atoms with Crippen LogP contribution in [0, 0.1) is 5.92 Å². The average molecular weight is 337 g/mol. The molecular weight excluding hydrogens is 313 g/mol. The summed E-state index contributed by atoms with van der Waals surface area (Å²) in [5, 5.41) is 3.40. The van der Waals surface area contributed by atoms with Gasteiger partial charge in [-0.05, 0) is 38.5 Å². The lowest BCUT2D eigenvalue weighted by atomic mass is 9.86. The van der Waals surface area contributed by atoms with Crippen molar-refractivity contribution in [3.05, 3.63) is 0 Å². The molecule has 0 atom stereocenters. The smallest absolute Gasteiger partial charge is 0.193 e. The van der Waals surface area contributed by atoms with Gasteiger partial charge in [0.15, 0.2) is 5.96 Å². The Hall–Kier alpha value is 0. The molecule has 4 heteroatoms. The van der Waals surface area contributed by atoms with E-state index in [1.54, 1.807) is 0 Å². The Labute approximate surface area is 116 Å². The number of rotatable bonds is 3. The first-order valence-electron chi connectivity index (χ1n) is 6.43. The molecule has 1 aliphatic carbocycles. The van der Waals surface area contributed by atoms with Crippen LogP contribution in [0.2, 0.25) is 0 Å². The van der Waals surface area contributed by atoms with Crippen LogP contribution in [0.4, 0.5) is 0 Å². The van der Waals surface area contributed by atoms with Gasteiger partial charge < -0.3 is 10.2 Å². The predicted octanol–water partition coefficient (Wildman–Crippen LogP) is 2.47. The van der Waals surface area contributed by atoms with Crippen LogP contribution in [0.15, 0.2) is 4.99 Å². The summed E-state index contributed by atoms with van der Waals surface area (Å²) in [6.07, 6.45) is 6.86. The molecule has 2 aliphatic rings. The number of guanidine groups is 1. The molecule has 1 heterocycles. The van der Waals surface area contributed by atoms with Crippen molar-refractivity contribution in [3.63, 3.8) is 0 Å². The van der Waals surface area contributed by atoms with Gasteiger partial charge in [-0.1, -0.05) is 6.42 Å². The SMILES string of the molecule is CCNC(=NCC1CCC1)N1CCCC1.I. The van der Waals surface area contributed by atoms with Gasteiger partial charge in [0.25, 0.3) is 0 Å². The molecule has 0 bridgehead atoms. The second-order valence-electron chi connectivity index (χ2n) is 4.69. The number of likely N-dealkylation sites (tertiary alicyclic amines) is 1. The quantitative estimate of drug-likeness (QED) is 0.487. The summed E-state index contributed by atoms with van der Waals surface area (Å²) in [6, 6.07) is 0. The highest BCUT2D eigenvalue weighted by atomic mass is 127. The first-order chi connectivity index (χ1) is 7.40. The van der Waals surface area contributed by atoms with E-state index in [-0.39, 0.29) is 24.0 Å². The summed E-state index contributed by atoms with van der Waals surface area (Å²) >= 11 is 0. The molecule has 0 amide bonds. The Bertz CT molecular complexity index is 220. The van der Waals surface area contributed by atoms with E-state index >= 15 is 0 Å². The van der Waals surface area contributed by atoms with E-state index in [2.05, 4.69) is 17.1 Å². The molecule has 0 spiro atoms. The summed E-state index contributed by atoms with van der Waals surface area (Å²) in [6.45, 7) is 6.56. The third kappa shape index (κ3) is 3.79. The minimum atomic E-state index is 0. The minimum Gasteiger partial charge on any atom is -0.357 e. The highest BCUT2D eigenvalue weighted by Crippen LogP contribution is 2.26. The standard InChI is InChI=1S/C12H23N3.HI/c1-2-13-12(15-8-3-4-9-15)14-10-11-6-5-7-11;/h11H,2-10H2,1H3,(H,13,14);1H. The maximum absolute atomic E-state index is 4.75. The van der Waals surface area contributed by atoms with Gasteiger partial charge in [0.2, 0.25) is 0 Å². The maximum atomic E-state index is 4.75. The molecule has 2 rings (SSSR count). The van der Waals surface area contributed by atoms with Crippen molar-refractivity contribution in [2.45, 2.75) is 39.0 Å². The monoisotopic (exact) mass is 337 g/mol. The van der Waals surface area contributed by atoms with E-state index in [0.29, 0.717) is 0 Å². The first kappa shape index (κ1) is 14.1. The number of aliphatic imine (C=N–C) groups is 1. The van der Waals surface area contributed by atoms with Crippen LogP contribution in [0.25, 0.3) is 0 Å². The molecule has 0 aromatic rings. The molecule has 16 heavy (non-hydrogen) atoms. The summed E-state index contributed by atoms with van der Waals surface area (Å²) in [7, 11) is 0. The fraction of sp³-hybridized carbons (Fsp3) is 0.917. The Morgan fingerprint density at radius 2 is 1.94 bits per heavy atom. The van der Waals surface area contributed by atoms with Gasteiger partial charge in [-0.3, -0.25) is 4.99 Å². The molecule has 0 unspecified atom stereocenters. The first-order valence-corrected chi connectivity index (χ1v) is 6.43. The summed E-state index contributed by atoms with van der Waals surface area (Å²) < 4.78 is 0. The van der Waals surface area contributed by atoms with E-state index in [1.807, 2.05) is 0 Å². The number of halogens is 1. The van der Waals surface area contributed by atoms with Crippen molar-refractivity contribution >= 4 is 29.9 Å². The van der Waals surface area contributed by atoms with Crippen LogP contribution in [-0.4, -0.2) is 37.0 Å². The molecule has 3 nitrogen and oxygen atoms in total. The lowest BCUT2D eigenvalue weighted by Crippen LogP contribution is -2.40. The fourth-order valence-corrected chi connectivity index (χ4v) is 2.25. The van der Waals surface area contributed by atoms with Gasteiger partial charge in [-0.15, -0.1) is 24.0 Å². The molecule has 94 valence electrons. The van der Waals surface area contributed by atoms with Crippen molar-refractivity contribution in [1.82, 2.24) is 10.2 Å². The van der Waals surface area contributed by atoms with Crippen LogP contribution >= 0.6 is 24.0 Å². The van der Waals surface area contributed by atoms with Gasteiger partial charge in [-0.2, -0.15) is 0 Å². The zero-order valence-electron chi connectivity index (χ0n) is 10.2. The van der Waals surface area contributed by atoms with Crippen molar-refractivity contribution in [1.29, 1.82) is 0 Å². The number of nitrogens with one attached hydrogen (secondary N) is 1. The maximum Gasteiger partial charge on any atom is 0.193 e. The van der Waals surface area contributed by atoms with Gasteiger partial charge in [-0.25, -0.2) is 0 Å². The minimum absolute atomic E-state index is 0. The number of hydrogen-bond acceptors (Lipinski definition) is 1. The highest BCUT2D eigenvalue weighted by molar-refractivity contribution is 14.0. The van der Waals surface area contributed by atoms with Crippen molar-refractivity contribution in [2.24, 2.45) is 10.9 Å². The highest BCUT2D eigenvalue weighted by Gasteiger charge is 2.19. The van der Waals surface area contributed by atoms with Gasteiger partial charge in [0.05, 0.1) is 0 Å². The molecule has 1 N–H and O–H groups in total. The van der Waals surface area contributed by atoms with E-state index in [9.17, 15) is 0 Å². The summed E-state index contributed by atoms with van der Waals surface area (Å²) in [5.74, 6) is 2.03. The molecule has 2 fully saturated rings. The molecule has 1 saturated heterocycles. The Morgan fingerprint density at radius 3 is 2.44 bits per heavy atom. The van der Waals surface area contributed by atoms with E-state index < -0.39 is 0 Å². The van der Waals surface area contributed by atoms with Gasteiger partial charge in [0, 0.05) is 26.2 Å². The van der Waals surface area contributed by atoms with Crippen molar-refractivity contribution in [3.8, 4) is 0 Å². The van der Waals surface area contributed by atoms with Gasteiger partial charge in [0.1, 0.15) is 0 Å². The molecular formula is C12H24IN3. The Kier molecular flexibility index (Phi) is 6.46. The predicted molar refractivity (Wildman–Crippen MR) is 79.5 cm³/mol. The second-order valence-corrected chi connectivity index (χ2v) is 4.69. The van der Waals surface area contributed by atoms with Crippen molar-refractivity contribution < 1.29 is 0 Å². The average Bonchev–Trinajstić information content (AvgIpc) is 2.66. The molecule has 1 saturated carbocycles. The van der Waals surface area contributed by atoms with E-state index in [4.69, 9.17) is 4.99 Å². The molecule has 1 aliphatic heterocycles. The fourth-order valence-electron chi connectivity index (χ4n) is 2.25. The van der Waals surface area contributed by atoms with E-state index in [0.717, 1.165) is 25.0 Å². The largest absolute Gasteiger partial charge is 0.357 e. The lowest BCUT2D eigenvalue weighted by Gasteiger charge is -2.25. The zero-order valence-corrected chi connectivity index (χ0v) is 12.6. The zero-order chi connectivity index (χ0) is 10.5. The topological polar surface area (TPSA) is 27.6 Å². The third-order valence-corrected chi connectivity index (χ3v) is 3.46. The van der Waals surface area contributed by atoms with Crippen molar-refractivity contribution in [2.75, 3.05) is 26.2 Å². The second kappa shape index (κ2) is 7.35. The number of nitrogens with zero attached hydrogens (tertiary/aromatic N) is 2. The molecule has 0 aromatic carbocycles. The molecule has 0 radical (unpaired) electrons. The van der Waals surface area contributed by atoms with Crippen LogP contribution in [0.1, 0.15) is 39.0 Å². The molecule has 0 aromatic heterocycles. The van der Waals surface area contributed by atoms with Gasteiger partial charge >= 0.3 is 0 Å². The number of hydrogen-bond donors (Lipinski definition) is 1. The Morgan fingerprint density at radius 1 is 1.25 bits per heavy atom. The van der Waals surface area contributed by atoms with Crippen LogP contribution in [-0.2, 0) is 0 Å². The van der Waals surface area contributed by atoms with Crippen LogP contribution in [0.3, 0.4) is 0 Å². The van der Waals surface area contributed by atoms with Crippen LogP contribution < -0.4 is 5.32 Å². The van der Waals surface area contributed by atoms with Crippen LogP contribution in [0.5, 0.6) is 0 Å². The third-order valence-electron chi connectivity index (χ3n) is 3.46. The van der Waals surface area contributed by atoms with E-state index in [1.165, 1.54) is 45.2 Å². The Balaban J connectivity index is 0.00000128. The normalized spacial score (nSPS) is 21.6. The lowest BCUT2D eigenvalue weighted by molar-refractivity contribution is 0.324.